The molecule has 0 saturated heterocycles. The highest BCUT2D eigenvalue weighted by atomic mass is 19.1. The van der Waals surface area contributed by atoms with Crippen molar-refractivity contribution in [3.05, 3.63) is 65.2 Å². The molecule has 2 aromatic rings. The van der Waals surface area contributed by atoms with Gasteiger partial charge in [-0.3, -0.25) is 4.79 Å². The fourth-order valence-electron chi connectivity index (χ4n) is 2.64. The van der Waals surface area contributed by atoms with Crippen LogP contribution >= 0.6 is 0 Å². The van der Waals surface area contributed by atoms with Crippen LogP contribution in [0, 0.1) is 17.6 Å². The lowest BCUT2D eigenvalue weighted by molar-refractivity contribution is -0.142. The number of hydrogen-bond donors (Lipinski definition) is 0. The maximum Gasteiger partial charge on any atom is 0.309 e. The number of carbonyl (C=O) groups is 1. The van der Waals surface area contributed by atoms with E-state index in [1.165, 1.54) is 19.2 Å². The highest BCUT2D eigenvalue weighted by molar-refractivity contribution is 5.77. The summed E-state index contributed by atoms with van der Waals surface area (Å²) in [5, 5.41) is 0. The summed E-state index contributed by atoms with van der Waals surface area (Å²) in [7, 11) is 1.30. The second-order valence-electron chi connectivity index (χ2n) is 5.56. The zero-order valence-corrected chi connectivity index (χ0v) is 12.6. The van der Waals surface area contributed by atoms with E-state index in [-0.39, 0.29) is 24.4 Å². The minimum absolute atomic E-state index is 0.0856. The lowest BCUT2D eigenvalue weighted by Gasteiger charge is -2.10. The van der Waals surface area contributed by atoms with E-state index in [1.807, 2.05) is 30.3 Å². The van der Waals surface area contributed by atoms with E-state index in [0.29, 0.717) is 12.0 Å². The van der Waals surface area contributed by atoms with Crippen molar-refractivity contribution in [2.24, 2.45) is 5.92 Å². The zero-order valence-electron chi connectivity index (χ0n) is 12.6. The largest absolute Gasteiger partial charge is 0.483 e. The molecule has 1 aliphatic carbocycles. The molecule has 1 aliphatic rings. The van der Waals surface area contributed by atoms with Crippen molar-refractivity contribution >= 4 is 5.97 Å². The Morgan fingerprint density at radius 3 is 2.43 bits per heavy atom. The summed E-state index contributed by atoms with van der Waals surface area (Å²) in [6.45, 7) is 0.0856. The maximum absolute atomic E-state index is 14.1. The van der Waals surface area contributed by atoms with Gasteiger partial charge in [0.2, 0.25) is 0 Å². The molecule has 5 heteroatoms. The first-order chi connectivity index (χ1) is 11.1. The van der Waals surface area contributed by atoms with Crippen LogP contribution in [0.3, 0.4) is 0 Å². The molecule has 1 fully saturated rings. The fourth-order valence-corrected chi connectivity index (χ4v) is 2.64. The Bertz CT molecular complexity index is 692. The van der Waals surface area contributed by atoms with Crippen molar-refractivity contribution in [3.63, 3.8) is 0 Å². The van der Waals surface area contributed by atoms with Gasteiger partial charge in [0.25, 0.3) is 0 Å². The van der Waals surface area contributed by atoms with Gasteiger partial charge in [-0.05, 0) is 35.6 Å². The van der Waals surface area contributed by atoms with Gasteiger partial charge in [-0.1, -0.05) is 30.3 Å². The van der Waals surface area contributed by atoms with Crippen molar-refractivity contribution in [3.8, 4) is 5.75 Å². The third kappa shape index (κ3) is 3.33. The van der Waals surface area contributed by atoms with Crippen molar-refractivity contribution in [1.82, 2.24) is 0 Å². The Kier molecular flexibility index (Phi) is 4.28. The highest BCUT2D eigenvalue weighted by Crippen LogP contribution is 2.49. The molecule has 2 unspecified atom stereocenters. The number of hydrogen-bond acceptors (Lipinski definition) is 3. The van der Waals surface area contributed by atoms with Crippen LogP contribution in [0.15, 0.2) is 42.5 Å². The Labute approximate surface area is 132 Å². The lowest BCUT2D eigenvalue weighted by Crippen LogP contribution is -2.05. The van der Waals surface area contributed by atoms with Gasteiger partial charge in [-0.2, -0.15) is 0 Å². The molecule has 0 bridgehead atoms. The predicted molar refractivity (Wildman–Crippen MR) is 80.0 cm³/mol. The molecule has 0 aliphatic heterocycles. The normalized spacial score (nSPS) is 19.3. The smallest absolute Gasteiger partial charge is 0.309 e. The fraction of sp³-hybridized carbons (Fsp3) is 0.278. The summed E-state index contributed by atoms with van der Waals surface area (Å²) < 4.78 is 38.2. The van der Waals surface area contributed by atoms with Crippen molar-refractivity contribution in [2.75, 3.05) is 7.11 Å². The molecule has 2 aromatic carbocycles. The van der Waals surface area contributed by atoms with Crippen LogP contribution in [-0.4, -0.2) is 13.1 Å². The lowest BCUT2D eigenvalue weighted by atomic mass is 10.1. The molecule has 0 aromatic heterocycles. The third-order valence-electron chi connectivity index (χ3n) is 3.97. The summed E-state index contributed by atoms with van der Waals surface area (Å²) in [5.41, 5.74) is 1.28. The van der Waals surface area contributed by atoms with E-state index >= 15 is 0 Å². The highest BCUT2D eigenvalue weighted by Gasteiger charge is 2.45. The van der Waals surface area contributed by atoms with E-state index in [9.17, 15) is 13.6 Å². The quantitative estimate of drug-likeness (QED) is 0.786. The number of ether oxygens (including phenoxy) is 2. The van der Waals surface area contributed by atoms with Crippen molar-refractivity contribution in [2.45, 2.75) is 18.9 Å². The van der Waals surface area contributed by atoms with Gasteiger partial charge < -0.3 is 9.47 Å². The van der Waals surface area contributed by atoms with Gasteiger partial charge in [0.05, 0.1) is 13.0 Å². The number of carbonyl (C=O) groups excluding carboxylic acids is 1. The molecule has 120 valence electrons. The first-order valence-electron chi connectivity index (χ1n) is 7.33. The summed E-state index contributed by atoms with van der Waals surface area (Å²) in [4.78, 5) is 11.4. The van der Waals surface area contributed by atoms with Crippen LogP contribution in [0.4, 0.5) is 8.78 Å². The third-order valence-corrected chi connectivity index (χ3v) is 3.97. The summed E-state index contributed by atoms with van der Waals surface area (Å²) in [6.07, 6.45) is 0.551. The second kappa shape index (κ2) is 6.36. The molecule has 0 heterocycles. The number of benzene rings is 2. The maximum atomic E-state index is 14.1. The molecular weight excluding hydrogens is 302 g/mol. The summed E-state index contributed by atoms with van der Waals surface area (Å²) in [6, 6.07) is 11.6. The van der Waals surface area contributed by atoms with Crippen LogP contribution in [0.2, 0.25) is 0 Å². The van der Waals surface area contributed by atoms with Gasteiger partial charge in [0.1, 0.15) is 6.61 Å². The van der Waals surface area contributed by atoms with E-state index < -0.39 is 17.4 Å². The van der Waals surface area contributed by atoms with Gasteiger partial charge in [-0.25, -0.2) is 8.78 Å². The standard InChI is InChI=1S/C18H16F2O3/c1-22-18(21)14-9-13(14)12-7-15(19)17(16(20)8-12)23-10-11-5-3-2-4-6-11/h2-8,13-14H,9-10H2,1H3. The van der Waals surface area contributed by atoms with E-state index in [4.69, 9.17) is 4.74 Å². The molecule has 0 amide bonds. The summed E-state index contributed by atoms with van der Waals surface area (Å²) in [5.74, 6) is -2.75. The van der Waals surface area contributed by atoms with Gasteiger partial charge >= 0.3 is 5.97 Å². The zero-order chi connectivity index (χ0) is 16.4. The first kappa shape index (κ1) is 15.5. The molecule has 2 atom stereocenters. The van der Waals surface area contributed by atoms with E-state index in [0.717, 1.165) is 5.56 Å². The van der Waals surface area contributed by atoms with Crippen molar-refractivity contribution < 1.29 is 23.0 Å². The van der Waals surface area contributed by atoms with Crippen LogP contribution in [0.1, 0.15) is 23.5 Å². The SMILES string of the molecule is COC(=O)C1CC1c1cc(F)c(OCc2ccccc2)c(F)c1. The van der Waals surface area contributed by atoms with Gasteiger partial charge in [0, 0.05) is 0 Å². The molecule has 3 rings (SSSR count). The average molecular weight is 318 g/mol. The van der Waals surface area contributed by atoms with Gasteiger partial charge in [-0.15, -0.1) is 0 Å². The van der Waals surface area contributed by atoms with Crippen molar-refractivity contribution in [1.29, 1.82) is 0 Å². The van der Waals surface area contributed by atoms with Crippen LogP contribution in [0.5, 0.6) is 5.75 Å². The van der Waals surface area contributed by atoms with Crippen LogP contribution in [-0.2, 0) is 16.1 Å². The number of halogens is 2. The second-order valence-corrected chi connectivity index (χ2v) is 5.56. The number of esters is 1. The molecule has 3 nitrogen and oxygen atoms in total. The molecule has 1 saturated carbocycles. The average Bonchev–Trinajstić information content (AvgIpc) is 3.35. The van der Waals surface area contributed by atoms with Gasteiger partial charge in [0.15, 0.2) is 17.4 Å². The number of rotatable bonds is 5. The Morgan fingerprint density at radius 2 is 1.83 bits per heavy atom. The molecule has 23 heavy (non-hydrogen) atoms. The number of methoxy groups -OCH3 is 1. The Hall–Kier alpha value is -2.43. The molecule has 0 radical (unpaired) electrons. The molecular formula is C18H16F2O3. The minimum atomic E-state index is -0.758. The predicted octanol–water partition coefficient (Wildman–Crippen LogP) is 3.82. The van der Waals surface area contributed by atoms with E-state index in [1.54, 1.807) is 0 Å². The Morgan fingerprint density at radius 1 is 1.17 bits per heavy atom. The molecule has 0 spiro atoms. The topological polar surface area (TPSA) is 35.5 Å². The minimum Gasteiger partial charge on any atom is -0.483 e. The van der Waals surface area contributed by atoms with Crippen LogP contribution in [0.25, 0.3) is 0 Å². The summed E-state index contributed by atoms with van der Waals surface area (Å²) >= 11 is 0. The monoisotopic (exact) mass is 318 g/mol. The molecule has 0 N–H and O–H groups in total. The van der Waals surface area contributed by atoms with E-state index in [2.05, 4.69) is 4.74 Å². The van der Waals surface area contributed by atoms with Crippen LogP contribution < -0.4 is 4.74 Å². The Balaban J connectivity index is 1.72. The first-order valence-corrected chi connectivity index (χ1v) is 7.33.